The van der Waals surface area contributed by atoms with Gasteiger partial charge in [-0.05, 0) is 13.0 Å². The first-order chi connectivity index (χ1) is 9.13. The molecule has 1 saturated heterocycles. The molecule has 0 bridgehead atoms. The second-order valence-electron chi connectivity index (χ2n) is 4.51. The van der Waals surface area contributed by atoms with Gasteiger partial charge in [0.15, 0.2) is 0 Å². The van der Waals surface area contributed by atoms with Crippen LogP contribution in [-0.4, -0.2) is 72.7 Å². The fraction of sp³-hybridized carbons (Fsp3) is 0.692. The minimum Gasteiger partial charge on any atom is -0.480 e. The second kappa shape index (κ2) is 8.66. The quantitative estimate of drug-likeness (QED) is 0.638. The van der Waals surface area contributed by atoms with Gasteiger partial charge >= 0.3 is 5.97 Å². The summed E-state index contributed by atoms with van der Waals surface area (Å²) >= 11 is 0. The Kier molecular flexibility index (Phi) is 7.14. The molecule has 0 spiro atoms. The molecule has 0 aromatic carbocycles. The number of rotatable bonds is 8. The molecule has 19 heavy (non-hydrogen) atoms. The minimum absolute atomic E-state index is 0.0161. The van der Waals surface area contributed by atoms with Crippen LogP contribution in [0, 0.1) is 0 Å². The third-order valence-corrected chi connectivity index (χ3v) is 2.97. The summed E-state index contributed by atoms with van der Waals surface area (Å²) in [6.45, 7) is 7.23. The summed E-state index contributed by atoms with van der Waals surface area (Å²) in [5.41, 5.74) is 0. The Hall–Kier alpha value is -1.40. The highest BCUT2D eigenvalue weighted by molar-refractivity contribution is 5.76. The molecule has 0 unspecified atom stereocenters. The van der Waals surface area contributed by atoms with Gasteiger partial charge in [-0.1, -0.05) is 6.08 Å². The van der Waals surface area contributed by atoms with E-state index in [0.29, 0.717) is 52.2 Å². The molecule has 1 fully saturated rings. The number of nitrogens with zero attached hydrogens (tertiary/aromatic N) is 2. The Morgan fingerprint density at radius 1 is 1.37 bits per heavy atom. The first kappa shape index (κ1) is 15.7. The van der Waals surface area contributed by atoms with Gasteiger partial charge in [-0.2, -0.15) is 0 Å². The van der Waals surface area contributed by atoms with E-state index in [2.05, 4.69) is 6.58 Å². The number of aliphatic carboxylic acids is 1. The lowest BCUT2D eigenvalue weighted by atomic mass is 10.2. The van der Waals surface area contributed by atoms with Gasteiger partial charge in [-0.25, -0.2) is 0 Å². The monoisotopic (exact) mass is 270 g/mol. The van der Waals surface area contributed by atoms with Crippen molar-refractivity contribution in [1.82, 2.24) is 9.80 Å². The van der Waals surface area contributed by atoms with Crippen LogP contribution >= 0.6 is 0 Å². The summed E-state index contributed by atoms with van der Waals surface area (Å²) in [5.74, 6) is -0.737. The zero-order valence-electron chi connectivity index (χ0n) is 11.2. The van der Waals surface area contributed by atoms with Gasteiger partial charge < -0.3 is 14.7 Å². The van der Waals surface area contributed by atoms with Crippen LogP contribution in [0.2, 0.25) is 0 Å². The number of carboxylic acids is 1. The second-order valence-corrected chi connectivity index (χ2v) is 4.51. The fourth-order valence-electron chi connectivity index (χ4n) is 2.03. The van der Waals surface area contributed by atoms with E-state index in [1.807, 2.05) is 0 Å². The number of ether oxygens (including phenoxy) is 1. The van der Waals surface area contributed by atoms with Gasteiger partial charge in [0, 0.05) is 26.1 Å². The molecule has 1 N–H and O–H groups in total. The molecule has 1 amide bonds. The Labute approximate surface area is 113 Å². The van der Waals surface area contributed by atoms with Crippen LogP contribution in [0.3, 0.4) is 0 Å². The van der Waals surface area contributed by atoms with E-state index >= 15 is 0 Å². The number of carbonyl (C=O) groups excluding carboxylic acids is 1. The van der Waals surface area contributed by atoms with Crippen molar-refractivity contribution < 1.29 is 19.4 Å². The van der Waals surface area contributed by atoms with Gasteiger partial charge in [0.25, 0.3) is 0 Å². The zero-order valence-corrected chi connectivity index (χ0v) is 11.2. The highest BCUT2D eigenvalue weighted by Gasteiger charge is 2.16. The van der Waals surface area contributed by atoms with Gasteiger partial charge in [0.1, 0.15) is 0 Å². The van der Waals surface area contributed by atoms with E-state index in [1.54, 1.807) is 15.9 Å². The summed E-state index contributed by atoms with van der Waals surface area (Å²) < 4.78 is 5.19. The molecule has 0 aromatic rings. The third kappa shape index (κ3) is 6.35. The number of carboxylic acid groups (broad SMARTS) is 1. The molecule has 0 radical (unpaired) electrons. The molecule has 1 aliphatic rings. The smallest absolute Gasteiger partial charge is 0.317 e. The molecule has 6 heteroatoms. The van der Waals surface area contributed by atoms with E-state index in [9.17, 15) is 9.59 Å². The van der Waals surface area contributed by atoms with Crippen LogP contribution in [0.15, 0.2) is 12.7 Å². The van der Waals surface area contributed by atoms with Crippen LogP contribution in [0.5, 0.6) is 0 Å². The highest BCUT2D eigenvalue weighted by Crippen LogP contribution is 2.03. The molecule has 0 aliphatic carbocycles. The molecule has 0 saturated carbocycles. The highest BCUT2D eigenvalue weighted by atomic mass is 16.5. The van der Waals surface area contributed by atoms with Crippen molar-refractivity contribution in [2.45, 2.75) is 12.8 Å². The minimum atomic E-state index is -0.860. The Morgan fingerprint density at radius 2 is 2.05 bits per heavy atom. The van der Waals surface area contributed by atoms with Crippen molar-refractivity contribution in [2.75, 3.05) is 45.9 Å². The van der Waals surface area contributed by atoms with Gasteiger partial charge in [-0.15, -0.1) is 6.58 Å². The maximum Gasteiger partial charge on any atom is 0.317 e. The first-order valence-electron chi connectivity index (χ1n) is 6.54. The van der Waals surface area contributed by atoms with E-state index in [0.717, 1.165) is 0 Å². The lowest BCUT2D eigenvalue weighted by Gasteiger charge is -2.27. The predicted molar refractivity (Wildman–Crippen MR) is 70.9 cm³/mol. The largest absolute Gasteiger partial charge is 0.480 e. The maximum absolute atomic E-state index is 11.9. The Balaban J connectivity index is 2.24. The first-order valence-corrected chi connectivity index (χ1v) is 6.54. The normalized spacial score (nSPS) is 15.5. The molecule has 0 atom stereocenters. The molecule has 1 heterocycles. The lowest BCUT2D eigenvalue weighted by molar-refractivity contribution is -0.138. The van der Waals surface area contributed by atoms with E-state index in [1.165, 1.54) is 0 Å². The number of carbonyl (C=O) groups is 2. The molecular formula is C13H22N2O4. The van der Waals surface area contributed by atoms with Crippen molar-refractivity contribution in [2.24, 2.45) is 0 Å². The van der Waals surface area contributed by atoms with Gasteiger partial charge in [-0.3, -0.25) is 14.5 Å². The Morgan fingerprint density at radius 3 is 2.63 bits per heavy atom. The maximum atomic E-state index is 11.9. The topological polar surface area (TPSA) is 70.1 Å². The third-order valence-electron chi connectivity index (χ3n) is 2.97. The number of amides is 1. The van der Waals surface area contributed by atoms with Crippen molar-refractivity contribution in [3.8, 4) is 0 Å². The van der Waals surface area contributed by atoms with Gasteiger partial charge in [0.05, 0.1) is 19.8 Å². The molecule has 0 aromatic heterocycles. The molecular weight excluding hydrogens is 248 g/mol. The average Bonchev–Trinajstić information content (AvgIpc) is 2.39. The van der Waals surface area contributed by atoms with Gasteiger partial charge in [0.2, 0.25) is 5.91 Å². The van der Waals surface area contributed by atoms with Crippen molar-refractivity contribution in [1.29, 1.82) is 0 Å². The summed E-state index contributed by atoms with van der Waals surface area (Å²) in [5, 5.41) is 8.76. The average molecular weight is 270 g/mol. The fourth-order valence-corrected chi connectivity index (χ4v) is 2.03. The summed E-state index contributed by atoms with van der Waals surface area (Å²) in [7, 11) is 0. The van der Waals surface area contributed by atoms with Crippen LogP contribution in [-0.2, 0) is 14.3 Å². The van der Waals surface area contributed by atoms with E-state index < -0.39 is 5.97 Å². The summed E-state index contributed by atoms with van der Waals surface area (Å²) in [6.07, 6.45) is 2.79. The molecule has 1 rings (SSSR count). The van der Waals surface area contributed by atoms with E-state index in [-0.39, 0.29) is 12.5 Å². The van der Waals surface area contributed by atoms with Crippen molar-refractivity contribution >= 4 is 11.9 Å². The lowest BCUT2D eigenvalue weighted by Crippen LogP contribution is -2.41. The van der Waals surface area contributed by atoms with E-state index in [4.69, 9.17) is 9.84 Å². The Bertz CT molecular complexity index is 314. The summed E-state index contributed by atoms with van der Waals surface area (Å²) in [6, 6.07) is 0. The summed E-state index contributed by atoms with van der Waals surface area (Å²) in [4.78, 5) is 26.1. The number of hydrogen-bond acceptors (Lipinski definition) is 4. The molecule has 6 nitrogen and oxygen atoms in total. The van der Waals surface area contributed by atoms with Crippen LogP contribution < -0.4 is 0 Å². The predicted octanol–water partition coefficient (Wildman–Crippen LogP) is 0.198. The number of hydrogen-bond donors (Lipinski definition) is 1. The molecule has 108 valence electrons. The molecule has 1 aliphatic heterocycles. The van der Waals surface area contributed by atoms with Crippen molar-refractivity contribution in [3.63, 3.8) is 0 Å². The zero-order chi connectivity index (χ0) is 14.1. The number of morpholine rings is 1. The van der Waals surface area contributed by atoms with Crippen LogP contribution in [0.1, 0.15) is 12.8 Å². The van der Waals surface area contributed by atoms with Crippen molar-refractivity contribution in [3.05, 3.63) is 12.7 Å². The standard InChI is InChI=1S/C13H22N2O4/c1-2-5-14(11-13(17)18)6-3-4-12(16)15-7-9-19-10-8-15/h2H,1,3-11H2,(H,17,18). The van der Waals surface area contributed by atoms with Crippen LogP contribution in [0.25, 0.3) is 0 Å². The SMILES string of the molecule is C=CCN(CCCC(=O)N1CCOCC1)CC(=O)O. The van der Waals surface area contributed by atoms with Crippen LogP contribution in [0.4, 0.5) is 0 Å².